The Kier molecular flexibility index (Phi) is 8.27. The molecule has 1 aliphatic carbocycles. The number of aryl methyl sites for hydroxylation is 1. The van der Waals surface area contributed by atoms with Gasteiger partial charge in [-0.1, -0.05) is 58.0 Å². The minimum atomic E-state index is 1.17. The lowest BCUT2D eigenvalue weighted by atomic mass is 9.90. The van der Waals surface area contributed by atoms with Crippen LogP contribution in [0.5, 0.6) is 0 Å². The second kappa shape index (κ2) is 10.0. The van der Waals surface area contributed by atoms with Crippen LogP contribution in [0.4, 0.5) is 11.4 Å². The summed E-state index contributed by atoms with van der Waals surface area (Å²) in [5.41, 5.74) is 5.50. The number of nitrogens with one attached hydrogen (secondary N) is 1. The van der Waals surface area contributed by atoms with Gasteiger partial charge in [0.1, 0.15) is 0 Å². The summed E-state index contributed by atoms with van der Waals surface area (Å²) in [6, 6.07) is 17.0. The minimum Gasteiger partial charge on any atom is -0.355 e. The molecule has 0 bridgehead atoms. The van der Waals surface area contributed by atoms with Crippen LogP contribution in [0.1, 0.15) is 51.7 Å². The van der Waals surface area contributed by atoms with E-state index < -0.39 is 0 Å². The molecule has 114 valence electrons. The lowest BCUT2D eigenvalue weighted by Gasteiger charge is -2.20. The van der Waals surface area contributed by atoms with E-state index in [1.807, 2.05) is 33.8 Å². The summed E-state index contributed by atoms with van der Waals surface area (Å²) in [4.78, 5) is 0. The van der Waals surface area contributed by atoms with Crippen LogP contribution in [0.2, 0.25) is 0 Å². The van der Waals surface area contributed by atoms with Crippen molar-refractivity contribution < 1.29 is 0 Å². The fraction of sp³-hybridized carbons (Fsp3) is 0.400. The first kappa shape index (κ1) is 17.3. The number of hydrogen-bond donors (Lipinski definition) is 1. The Morgan fingerprint density at radius 3 is 2.10 bits per heavy atom. The normalized spacial score (nSPS) is 12.0. The molecule has 0 aliphatic heterocycles. The Hall–Kier alpha value is -1.76. The summed E-state index contributed by atoms with van der Waals surface area (Å²) in [5.74, 6) is 0. The van der Waals surface area contributed by atoms with E-state index in [0.29, 0.717) is 0 Å². The number of fused-ring (bicyclic) bond motifs is 1. The highest BCUT2D eigenvalue weighted by Gasteiger charge is 2.12. The van der Waals surface area contributed by atoms with Gasteiger partial charge >= 0.3 is 0 Å². The van der Waals surface area contributed by atoms with Crippen LogP contribution in [0, 0.1) is 0 Å². The maximum Gasteiger partial charge on any atom is 0.0419 e. The van der Waals surface area contributed by atoms with Crippen molar-refractivity contribution in [1.29, 1.82) is 0 Å². The van der Waals surface area contributed by atoms with E-state index in [1.165, 1.54) is 48.2 Å². The third-order valence-corrected chi connectivity index (χ3v) is 3.45. The first-order valence-corrected chi connectivity index (χ1v) is 8.36. The van der Waals surface area contributed by atoms with Crippen LogP contribution in [0.25, 0.3) is 0 Å². The monoisotopic (exact) mass is 283 g/mol. The average molecular weight is 283 g/mol. The molecule has 3 rings (SSSR count). The van der Waals surface area contributed by atoms with E-state index in [2.05, 4.69) is 47.8 Å². The van der Waals surface area contributed by atoms with Crippen LogP contribution in [-0.2, 0) is 12.8 Å². The molecule has 1 aliphatic rings. The van der Waals surface area contributed by atoms with Gasteiger partial charge in [-0.15, -0.1) is 0 Å². The lowest BCUT2D eigenvalue weighted by Crippen LogP contribution is -2.05. The highest BCUT2D eigenvalue weighted by atomic mass is 14.9. The Bertz CT molecular complexity index is 503. The van der Waals surface area contributed by atoms with Crippen LogP contribution in [0.3, 0.4) is 0 Å². The molecule has 1 nitrogen and oxygen atoms in total. The van der Waals surface area contributed by atoms with E-state index in [9.17, 15) is 0 Å². The molecule has 0 radical (unpaired) electrons. The molecule has 0 fully saturated rings. The van der Waals surface area contributed by atoms with Gasteiger partial charge in [0, 0.05) is 11.4 Å². The average Bonchev–Trinajstić information content (AvgIpc) is 2.60. The fourth-order valence-electron chi connectivity index (χ4n) is 2.58. The third-order valence-electron chi connectivity index (χ3n) is 3.45. The van der Waals surface area contributed by atoms with Gasteiger partial charge in [-0.3, -0.25) is 0 Å². The molecule has 0 spiro atoms. The molecule has 0 saturated carbocycles. The van der Waals surface area contributed by atoms with Crippen molar-refractivity contribution in [2.45, 2.75) is 53.4 Å². The highest BCUT2D eigenvalue weighted by molar-refractivity contribution is 5.65. The minimum absolute atomic E-state index is 1.17. The molecule has 0 unspecified atom stereocenters. The number of hydrogen-bond acceptors (Lipinski definition) is 1. The van der Waals surface area contributed by atoms with Crippen molar-refractivity contribution in [3.05, 3.63) is 59.7 Å². The van der Waals surface area contributed by atoms with Gasteiger partial charge in [0.2, 0.25) is 0 Å². The predicted octanol–water partition coefficient (Wildman–Crippen LogP) is 6.36. The van der Waals surface area contributed by atoms with Crippen molar-refractivity contribution in [2.24, 2.45) is 0 Å². The molecule has 2 aromatic rings. The van der Waals surface area contributed by atoms with E-state index in [1.54, 1.807) is 0 Å². The zero-order chi connectivity index (χ0) is 15.5. The van der Waals surface area contributed by atoms with Gasteiger partial charge in [0.25, 0.3) is 0 Å². The zero-order valence-electron chi connectivity index (χ0n) is 13.9. The maximum atomic E-state index is 3.53. The number of anilines is 2. The summed E-state index contributed by atoms with van der Waals surface area (Å²) >= 11 is 0. The van der Waals surface area contributed by atoms with Crippen molar-refractivity contribution in [2.75, 3.05) is 5.32 Å². The summed E-state index contributed by atoms with van der Waals surface area (Å²) in [6.07, 6.45) is 5.10. The van der Waals surface area contributed by atoms with E-state index in [0.717, 1.165) is 0 Å². The molecular formula is C20H29N. The number of para-hydroxylation sites is 1. The Morgan fingerprint density at radius 2 is 1.38 bits per heavy atom. The highest BCUT2D eigenvalue weighted by Crippen LogP contribution is 2.29. The van der Waals surface area contributed by atoms with E-state index in [4.69, 9.17) is 0 Å². The van der Waals surface area contributed by atoms with Crippen LogP contribution in [0.15, 0.2) is 48.5 Å². The molecule has 0 aromatic heterocycles. The molecule has 0 saturated heterocycles. The zero-order valence-corrected chi connectivity index (χ0v) is 13.9. The van der Waals surface area contributed by atoms with Crippen molar-refractivity contribution in [1.82, 2.24) is 0 Å². The largest absolute Gasteiger partial charge is 0.355 e. The number of benzene rings is 2. The van der Waals surface area contributed by atoms with Crippen LogP contribution >= 0.6 is 0 Å². The quantitative estimate of drug-likeness (QED) is 0.676. The fourth-order valence-corrected chi connectivity index (χ4v) is 2.58. The Labute approximate surface area is 130 Å². The van der Waals surface area contributed by atoms with E-state index >= 15 is 0 Å². The summed E-state index contributed by atoms with van der Waals surface area (Å²) in [5, 5.41) is 3.53. The number of rotatable bonds is 2. The van der Waals surface area contributed by atoms with Crippen LogP contribution < -0.4 is 5.32 Å². The molecule has 0 atom stereocenters. The molecule has 0 heterocycles. The molecule has 2 aromatic carbocycles. The van der Waals surface area contributed by atoms with E-state index in [-0.39, 0.29) is 0 Å². The Balaban J connectivity index is 0.000000510. The third kappa shape index (κ3) is 4.93. The SMILES string of the molecule is CC.CC.c1ccc(Nc2cccc3c2CCCC3)cc1. The summed E-state index contributed by atoms with van der Waals surface area (Å²) in [7, 11) is 0. The molecule has 1 heteroatoms. The molecular weight excluding hydrogens is 254 g/mol. The van der Waals surface area contributed by atoms with Gasteiger partial charge in [-0.2, -0.15) is 0 Å². The smallest absolute Gasteiger partial charge is 0.0419 e. The van der Waals surface area contributed by atoms with Crippen molar-refractivity contribution >= 4 is 11.4 Å². The predicted molar refractivity (Wildman–Crippen MR) is 95.5 cm³/mol. The second-order valence-electron chi connectivity index (χ2n) is 4.64. The summed E-state index contributed by atoms with van der Waals surface area (Å²) < 4.78 is 0. The van der Waals surface area contributed by atoms with Gasteiger partial charge in [0.15, 0.2) is 0 Å². The first-order chi connectivity index (χ1) is 10.4. The summed E-state index contributed by atoms with van der Waals surface area (Å²) in [6.45, 7) is 8.00. The maximum absolute atomic E-state index is 3.53. The van der Waals surface area contributed by atoms with Crippen molar-refractivity contribution in [3.63, 3.8) is 0 Å². The topological polar surface area (TPSA) is 12.0 Å². The second-order valence-corrected chi connectivity index (χ2v) is 4.64. The van der Waals surface area contributed by atoms with Crippen molar-refractivity contribution in [3.8, 4) is 0 Å². The van der Waals surface area contributed by atoms with Crippen LogP contribution in [-0.4, -0.2) is 0 Å². The molecule has 21 heavy (non-hydrogen) atoms. The Morgan fingerprint density at radius 1 is 0.714 bits per heavy atom. The first-order valence-electron chi connectivity index (χ1n) is 8.36. The molecule has 1 N–H and O–H groups in total. The van der Waals surface area contributed by atoms with Gasteiger partial charge in [-0.25, -0.2) is 0 Å². The van der Waals surface area contributed by atoms with Gasteiger partial charge in [0.05, 0.1) is 0 Å². The lowest BCUT2D eigenvalue weighted by molar-refractivity contribution is 0.687. The van der Waals surface area contributed by atoms with Gasteiger partial charge in [-0.05, 0) is 55.0 Å². The van der Waals surface area contributed by atoms with Gasteiger partial charge < -0.3 is 5.32 Å². The molecule has 0 amide bonds. The standard InChI is InChI=1S/C16H17N.2C2H6/c1-2-9-14(10-3-1)17-16-12-6-8-13-7-4-5-11-15(13)16;2*1-2/h1-3,6,8-10,12,17H,4-5,7,11H2;2*1-2H3.